The number of allylic oxidation sites excluding steroid dienone is 2. The van der Waals surface area contributed by atoms with Gasteiger partial charge in [-0.25, -0.2) is 9.59 Å². The largest absolute Gasteiger partial charge is 0.478 e. The Morgan fingerprint density at radius 2 is 1.41 bits per heavy atom. The number of non-ortho nitro benzene ring substituents is 1. The highest BCUT2D eigenvalue weighted by atomic mass is 16.6. The predicted molar refractivity (Wildman–Crippen MR) is 196 cm³/mol. The summed E-state index contributed by atoms with van der Waals surface area (Å²) < 4.78 is 5.76. The van der Waals surface area contributed by atoms with Crippen LogP contribution in [0.5, 0.6) is 0 Å². The van der Waals surface area contributed by atoms with Crippen LogP contribution in [0.1, 0.15) is 48.1 Å². The molecule has 1 saturated heterocycles. The molecule has 10 heteroatoms. The van der Waals surface area contributed by atoms with Crippen LogP contribution in [0.2, 0.25) is 0 Å². The van der Waals surface area contributed by atoms with Crippen LogP contribution in [0.4, 0.5) is 11.4 Å². The third-order valence-electron chi connectivity index (χ3n) is 10.1. The van der Waals surface area contributed by atoms with Crippen molar-refractivity contribution in [1.82, 2.24) is 9.80 Å². The number of carbonyl (C=O) groups excluding carboxylic acids is 1. The van der Waals surface area contributed by atoms with Crippen LogP contribution in [0.3, 0.4) is 0 Å². The van der Waals surface area contributed by atoms with Gasteiger partial charge in [-0.2, -0.15) is 0 Å². The van der Waals surface area contributed by atoms with E-state index in [9.17, 15) is 24.8 Å². The maximum atomic E-state index is 13.7. The first-order chi connectivity index (χ1) is 24.6. The molecule has 0 radical (unpaired) electrons. The Balaban J connectivity index is 1.10. The molecule has 0 aromatic heterocycles. The number of hydrogen-bond donors (Lipinski definition) is 1. The van der Waals surface area contributed by atoms with Gasteiger partial charge in [0.15, 0.2) is 0 Å². The van der Waals surface area contributed by atoms with Gasteiger partial charge in [-0.15, -0.1) is 0 Å². The van der Waals surface area contributed by atoms with Crippen LogP contribution >= 0.6 is 0 Å². The fraction of sp³-hybridized carbons (Fsp3) is 0.268. The first-order valence-electron chi connectivity index (χ1n) is 17.1. The van der Waals surface area contributed by atoms with Gasteiger partial charge >= 0.3 is 11.9 Å². The van der Waals surface area contributed by atoms with Crippen LogP contribution in [-0.2, 0) is 20.7 Å². The standard InChI is InChI=1S/C41H42N4O6/c1-28-36(40(46)47)38(33-15-10-16-35(27-33)45(49)50)37(29(2)42(28)3)41(48)51-26-21-30-17-19-34(20-18-30)43-22-24-44(25-23-43)39(31-11-6-4-7-12-31)32-13-8-5-9-14-32/h4-20,27,38-39H,21-26H2,1-3H3,(H,46,47). The molecule has 4 aromatic rings. The number of hydrogen-bond acceptors (Lipinski definition) is 8. The van der Waals surface area contributed by atoms with E-state index in [1.54, 1.807) is 31.9 Å². The zero-order valence-corrected chi connectivity index (χ0v) is 29.1. The molecule has 6 rings (SSSR count). The first kappa shape index (κ1) is 35.1. The molecule has 2 aliphatic heterocycles. The van der Waals surface area contributed by atoms with Crippen LogP contribution in [0.25, 0.3) is 0 Å². The Morgan fingerprint density at radius 1 is 0.824 bits per heavy atom. The second-order valence-corrected chi connectivity index (χ2v) is 12.9. The van der Waals surface area contributed by atoms with Crippen molar-refractivity contribution in [2.45, 2.75) is 32.2 Å². The molecule has 1 atom stereocenters. The van der Waals surface area contributed by atoms with E-state index in [0.717, 1.165) is 37.4 Å². The number of aliphatic carboxylic acids is 1. The van der Waals surface area contributed by atoms with Gasteiger partial charge < -0.3 is 19.6 Å². The number of benzene rings is 4. The number of carboxylic acids is 1. The van der Waals surface area contributed by atoms with Gasteiger partial charge in [-0.3, -0.25) is 15.0 Å². The number of nitro benzene ring substituents is 1. The summed E-state index contributed by atoms with van der Waals surface area (Å²) in [5.74, 6) is -2.88. The molecule has 51 heavy (non-hydrogen) atoms. The Labute approximate surface area is 298 Å². The van der Waals surface area contributed by atoms with E-state index in [0.29, 0.717) is 23.4 Å². The number of nitro groups is 1. The van der Waals surface area contributed by atoms with E-state index in [4.69, 9.17) is 4.74 Å². The van der Waals surface area contributed by atoms with Crippen molar-refractivity contribution in [2.24, 2.45) is 0 Å². The minimum Gasteiger partial charge on any atom is -0.478 e. The van der Waals surface area contributed by atoms with Gasteiger partial charge in [-0.05, 0) is 48.2 Å². The molecule has 0 spiro atoms. The molecular weight excluding hydrogens is 644 g/mol. The average Bonchev–Trinajstić information content (AvgIpc) is 3.15. The lowest BCUT2D eigenvalue weighted by atomic mass is 9.80. The lowest BCUT2D eigenvalue weighted by molar-refractivity contribution is -0.384. The molecule has 262 valence electrons. The molecule has 0 aliphatic carbocycles. The van der Waals surface area contributed by atoms with E-state index in [2.05, 4.69) is 82.6 Å². The zero-order chi connectivity index (χ0) is 36.1. The Hall–Kier alpha value is -5.74. The molecule has 2 aliphatic rings. The van der Waals surface area contributed by atoms with Gasteiger partial charge in [0.2, 0.25) is 0 Å². The monoisotopic (exact) mass is 686 g/mol. The summed E-state index contributed by atoms with van der Waals surface area (Å²) in [6.07, 6.45) is 0.472. The highest BCUT2D eigenvalue weighted by Gasteiger charge is 2.39. The summed E-state index contributed by atoms with van der Waals surface area (Å²) in [7, 11) is 1.69. The summed E-state index contributed by atoms with van der Waals surface area (Å²) >= 11 is 0. The second-order valence-electron chi connectivity index (χ2n) is 12.9. The SMILES string of the molecule is CC1=C(C(=O)O)C(c2cccc([N+](=O)[O-])c2)C(C(=O)OCCc2ccc(N3CCN(C(c4ccccc4)c4ccccc4)CC3)cc2)=C(C)N1C. The molecule has 1 N–H and O–H groups in total. The predicted octanol–water partition coefficient (Wildman–Crippen LogP) is 6.95. The Kier molecular flexibility index (Phi) is 10.6. The zero-order valence-electron chi connectivity index (χ0n) is 29.1. The minimum atomic E-state index is -1.21. The summed E-state index contributed by atoms with van der Waals surface area (Å²) in [5, 5.41) is 21.7. The van der Waals surface area contributed by atoms with Crippen molar-refractivity contribution < 1.29 is 24.4 Å². The number of carbonyl (C=O) groups is 2. The molecular formula is C41H42N4O6. The summed E-state index contributed by atoms with van der Waals surface area (Å²) in [6.45, 7) is 7.12. The van der Waals surface area contributed by atoms with Crippen molar-refractivity contribution >= 4 is 23.3 Å². The highest BCUT2D eigenvalue weighted by molar-refractivity contribution is 5.99. The number of nitrogens with zero attached hydrogens (tertiary/aromatic N) is 4. The highest BCUT2D eigenvalue weighted by Crippen LogP contribution is 2.42. The van der Waals surface area contributed by atoms with E-state index in [1.165, 1.54) is 29.3 Å². The Bertz CT molecular complexity index is 1910. The molecule has 10 nitrogen and oxygen atoms in total. The number of ether oxygens (including phenoxy) is 1. The molecule has 0 amide bonds. The third-order valence-corrected chi connectivity index (χ3v) is 10.1. The maximum Gasteiger partial charge on any atom is 0.336 e. The van der Waals surface area contributed by atoms with Gasteiger partial charge in [0, 0.05) is 68.9 Å². The number of piperazine rings is 1. The van der Waals surface area contributed by atoms with Gasteiger partial charge in [-0.1, -0.05) is 84.9 Å². The molecule has 0 saturated carbocycles. The van der Waals surface area contributed by atoms with Crippen LogP contribution < -0.4 is 4.90 Å². The molecule has 1 unspecified atom stereocenters. The average molecular weight is 687 g/mol. The Morgan fingerprint density at radius 3 is 1.98 bits per heavy atom. The van der Waals surface area contributed by atoms with Crippen molar-refractivity contribution in [1.29, 1.82) is 0 Å². The molecule has 2 heterocycles. The van der Waals surface area contributed by atoms with E-state index < -0.39 is 22.8 Å². The van der Waals surface area contributed by atoms with Crippen LogP contribution in [-0.4, -0.2) is 71.6 Å². The lowest BCUT2D eigenvalue weighted by Gasteiger charge is -2.40. The summed E-state index contributed by atoms with van der Waals surface area (Å²) in [5.41, 5.74) is 5.97. The van der Waals surface area contributed by atoms with Crippen LogP contribution in [0.15, 0.2) is 132 Å². The quantitative estimate of drug-likeness (QED) is 0.102. The fourth-order valence-corrected chi connectivity index (χ4v) is 7.21. The number of anilines is 1. The normalized spacial score (nSPS) is 16.8. The van der Waals surface area contributed by atoms with Crippen molar-refractivity contribution in [2.75, 3.05) is 44.7 Å². The fourth-order valence-electron chi connectivity index (χ4n) is 7.21. The number of rotatable bonds is 11. The lowest BCUT2D eigenvalue weighted by Crippen LogP contribution is -2.48. The number of esters is 1. The van der Waals surface area contributed by atoms with Crippen molar-refractivity contribution in [3.63, 3.8) is 0 Å². The molecule has 0 bridgehead atoms. The van der Waals surface area contributed by atoms with Gasteiger partial charge in [0.1, 0.15) is 0 Å². The van der Waals surface area contributed by atoms with Gasteiger partial charge in [0.05, 0.1) is 34.6 Å². The molecule has 1 fully saturated rings. The minimum absolute atomic E-state index is 0.0253. The smallest absolute Gasteiger partial charge is 0.336 e. The number of carboxylic acid groups (broad SMARTS) is 1. The van der Waals surface area contributed by atoms with E-state index in [-0.39, 0.29) is 29.5 Å². The molecule has 4 aromatic carbocycles. The summed E-state index contributed by atoms with van der Waals surface area (Å²) in [6, 6.07) is 35.6. The maximum absolute atomic E-state index is 13.7. The third kappa shape index (κ3) is 7.56. The second kappa shape index (κ2) is 15.4. The first-order valence-corrected chi connectivity index (χ1v) is 17.1. The topological polar surface area (TPSA) is 116 Å². The van der Waals surface area contributed by atoms with E-state index in [1.807, 2.05) is 12.1 Å². The van der Waals surface area contributed by atoms with Crippen molar-refractivity contribution in [3.8, 4) is 0 Å². The summed E-state index contributed by atoms with van der Waals surface area (Å²) in [4.78, 5) is 43.7. The van der Waals surface area contributed by atoms with E-state index >= 15 is 0 Å². The van der Waals surface area contributed by atoms with Crippen molar-refractivity contribution in [3.05, 3.63) is 164 Å². The van der Waals surface area contributed by atoms with Gasteiger partial charge in [0.25, 0.3) is 5.69 Å². The van der Waals surface area contributed by atoms with Crippen LogP contribution in [0, 0.1) is 10.1 Å².